The van der Waals surface area contributed by atoms with Crippen molar-refractivity contribution in [3.05, 3.63) is 106 Å². The lowest BCUT2D eigenvalue weighted by Crippen LogP contribution is -2.57. The summed E-state index contributed by atoms with van der Waals surface area (Å²) in [5, 5.41) is 12.7. The van der Waals surface area contributed by atoms with Crippen molar-refractivity contribution in [1.29, 1.82) is 0 Å². The Bertz CT molecular complexity index is 1270. The number of fused-ring (bicyclic) bond motifs is 5. The number of benzene rings is 2. The van der Waals surface area contributed by atoms with Gasteiger partial charge in [0.2, 0.25) is 5.43 Å². The molecule has 0 aliphatic carbocycles. The summed E-state index contributed by atoms with van der Waals surface area (Å²) in [6.07, 6.45) is 6.10. The summed E-state index contributed by atoms with van der Waals surface area (Å²) in [4.78, 5) is 27.5. The van der Waals surface area contributed by atoms with Crippen LogP contribution >= 0.6 is 0 Å². The molecule has 2 aromatic carbocycles. The SMILES string of the molecule is CC[C@@H]1/C=C/COc2ccccc2[C@H](c2ccccc2)N2CN1C(=O)c1c(O)c(=O)ccn12. The first kappa shape index (κ1) is 20.9. The molecule has 2 aliphatic heterocycles. The number of ether oxygens (including phenoxy) is 1. The van der Waals surface area contributed by atoms with E-state index in [-0.39, 0.29) is 30.4 Å². The molecule has 2 atom stereocenters. The molecule has 0 saturated carbocycles. The van der Waals surface area contributed by atoms with Gasteiger partial charge in [-0.05, 0) is 24.1 Å². The zero-order chi connectivity index (χ0) is 22.9. The van der Waals surface area contributed by atoms with E-state index in [0.717, 1.165) is 16.9 Å². The van der Waals surface area contributed by atoms with E-state index in [9.17, 15) is 14.7 Å². The van der Waals surface area contributed by atoms with Gasteiger partial charge in [0.05, 0.1) is 6.04 Å². The standard InChI is InChI=1S/C26H25N3O4/c1-2-19-11-8-16-33-22-13-7-6-12-20(22)23(18-9-4-3-5-10-18)29-17-27(19)26(32)24-25(31)21(30)14-15-28(24)29/h3-15,19,23,31H,2,16-17H2,1H3/b11-8+/t19-,23+/m1/s1. The van der Waals surface area contributed by atoms with Gasteiger partial charge in [-0.15, -0.1) is 0 Å². The molecule has 1 amide bonds. The van der Waals surface area contributed by atoms with E-state index >= 15 is 0 Å². The molecule has 0 spiro atoms. The van der Waals surface area contributed by atoms with E-state index in [1.165, 1.54) is 6.07 Å². The monoisotopic (exact) mass is 443 g/mol. The average Bonchev–Trinajstić information content (AvgIpc) is 2.87. The molecular weight excluding hydrogens is 418 g/mol. The van der Waals surface area contributed by atoms with Crippen molar-refractivity contribution in [3.63, 3.8) is 0 Å². The van der Waals surface area contributed by atoms with Crippen LogP contribution < -0.4 is 15.2 Å². The van der Waals surface area contributed by atoms with E-state index in [1.54, 1.807) is 15.8 Å². The molecule has 0 fully saturated rings. The minimum atomic E-state index is -0.579. The van der Waals surface area contributed by atoms with Crippen LogP contribution in [-0.4, -0.2) is 39.9 Å². The van der Waals surface area contributed by atoms with Crippen LogP contribution in [0.5, 0.6) is 11.5 Å². The maximum absolute atomic E-state index is 13.5. The molecule has 168 valence electrons. The summed E-state index contributed by atoms with van der Waals surface area (Å²) in [7, 11) is 0. The van der Waals surface area contributed by atoms with E-state index in [0.29, 0.717) is 13.0 Å². The zero-order valence-electron chi connectivity index (χ0n) is 18.3. The lowest BCUT2D eigenvalue weighted by atomic mass is 9.97. The number of amides is 1. The Morgan fingerprint density at radius 3 is 2.58 bits per heavy atom. The molecule has 5 rings (SSSR count). The van der Waals surface area contributed by atoms with Gasteiger partial charge in [0.25, 0.3) is 5.91 Å². The largest absolute Gasteiger partial charge is 0.502 e. The third kappa shape index (κ3) is 3.55. The third-order valence-corrected chi connectivity index (χ3v) is 6.23. The van der Waals surface area contributed by atoms with E-state index in [1.807, 2.05) is 78.7 Å². The normalized spacial score (nSPS) is 20.8. The van der Waals surface area contributed by atoms with Crippen LogP contribution in [0.4, 0.5) is 0 Å². The van der Waals surface area contributed by atoms with Gasteiger partial charge in [0.1, 0.15) is 25.1 Å². The molecule has 1 aromatic heterocycles. The second-order valence-electron chi connectivity index (χ2n) is 8.14. The summed E-state index contributed by atoms with van der Waals surface area (Å²) in [5.41, 5.74) is 1.31. The van der Waals surface area contributed by atoms with E-state index < -0.39 is 11.2 Å². The number of aromatic hydroxyl groups is 1. The Morgan fingerprint density at radius 2 is 1.79 bits per heavy atom. The topological polar surface area (TPSA) is 75.0 Å². The van der Waals surface area contributed by atoms with Crippen LogP contribution in [0.2, 0.25) is 0 Å². The van der Waals surface area contributed by atoms with E-state index in [2.05, 4.69) is 0 Å². The van der Waals surface area contributed by atoms with Gasteiger partial charge in [-0.25, -0.2) is 0 Å². The highest BCUT2D eigenvalue weighted by molar-refractivity contribution is 5.96. The van der Waals surface area contributed by atoms with Crippen LogP contribution in [0.15, 0.2) is 83.8 Å². The molecule has 2 aliphatic rings. The number of rotatable bonds is 2. The lowest BCUT2D eigenvalue weighted by Gasteiger charge is -2.45. The van der Waals surface area contributed by atoms with Gasteiger partial charge in [-0.3, -0.25) is 19.3 Å². The van der Waals surface area contributed by atoms with Crippen molar-refractivity contribution < 1.29 is 14.6 Å². The highest BCUT2D eigenvalue weighted by atomic mass is 16.5. The first-order valence-corrected chi connectivity index (χ1v) is 11.1. The predicted octanol–water partition coefficient (Wildman–Crippen LogP) is 3.42. The number of hydrogen-bond acceptors (Lipinski definition) is 5. The first-order valence-electron chi connectivity index (χ1n) is 11.1. The van der Waals surface area contributed by atoms with Gasteiger partial charge >= 0.3 is 0 Å². The number of para-hydroxylation sites is 1. The summed E-state index contributed by atoms with van der Waals surface area (Å²) < 4.78 is 7.75. The Labute approximate surface area is 191 Å². The molecule has 0 unspecified atom stereocenters. The smallest absolute Gasteiger partial charge is 0.278 e. The van der Waals surface area contributed by atoms with Crippen LogP contribution in [-0.2, 0) is 0 Å². The maximum Gasteiger partial charge on any atom is 0.278 e. The Kier molecular flexibility index (Phi) is 5.38. The quantitative estimate of drug-likeness (QED) is 0.615. The minimum Gasteiger partial charge on any atom is -0.502 e. The van der Waals surface area contributed by atoms with Gasteiger partial charge in [0, 0.05) is 17.8 Å². The summed E-state index contributed by atoms with van der Waals surface area (Å²) in [6.45, 7) is 2.64. The Morgan fingerprint density at radius 1 is 1.03 bits per heavy atom. The molecule has 33 heavy (non-hydrogen) atoms. The van der Waals surface area contributed by atoms with Crippen LogP contribution in [0, 0.1) is 0 Å². The van der Waals surface area contributed by atoms with Crippen LogP contribution in [0.3, 0.4) is 0 Å². The second kappa shape index (κ2) is 8.50. The van der Waals surface area contributed by atoms with Gasteiger partial charge < -0.3 is 14.7 Å². The van der Waals surface area contributed by atoms with Crippen molar-refractivity contribution in [2.45, 2.75) is 25.4 Å². The summed E-state index contributed by atoms with van der Waals surface area (Å²) in [6, 6.07) is 18.5. The molecule has 1 N–H and O–H groups in total. The predicted molar refractivity (Wildman–Crippen MR) is 125 cm³/mol. The minimum absolute atomic E-state index is 0.0285. The number of carbonyl (C=O) groups is 1. The average molecular weight is 444 g/mol. The van der Waals surface area contributed by atoms with Gasteiger partial charge in [-0.1, -0.05) is 61.5 Å². The molecule has 2 bridgehead atoms. The maximum atomic E-state index is 13.5. The Hall–Kier alpha value is -4.00. The number of pyridine rings is 1. The number of nitrogens with zero attached hydrogens (tertiary/aromatic N) is 3. The van der Waals surface area contributed by atoms with Crippen molar-refractivity contribution in [2.75, 3.05) is 18.3 Å². The van der Waals surface area contributed by atoms with Crippen LogP contribution in [0.25, 0.3) is 0 Å². The van der Waals surface area contributed by atoms with Crippen molar-refractivity contribution in [3.8, 4) is 11.5 Å². The van der Waals surface area contributed by atoms with Crippen molar-refractivity contribution in [1.82, 2.24) is 9.58 Å². The molecule has 7 nitrogen and oxygen atoms in total. The van der Waals surface area contributed by atoms with Crippen LogP contribution in [0.1, 0.15) is 41.0 Å². The fourth-order valence-corrected chi connectivity index (χ4v) is 4.61. The van der Waals surface area contributed by atoms with Crippen molar-refractivity contribution in [2.24, 2.45) is 0 Å². The zero-order valence-corrected chi connectivity index (χ0v) is 18.3. The van der Waals surface area contributed by atoms with Gasteiger partial charge in [0.15, 0.2) is 11.4 Å². The summed E-state index contributed by atoms with van der Waals surface area (Å²) >= 11 is 0. The first-order chi connectivity index (χ1) is 16.1. The number of carbonyl (C=O) groups excluding carboxylic acids is 1. The summed E-state index contributed by atoms with van der Waals surface area (Å²) in [5.74, 6) is -0.179. The lowest BCUT2D eigenvalue weighted by molar-refractivity contribution is 0.0626. The second-order valence-corrected chi connectivity index (χ2v) is 8.14. The highest BCUT2D eigenvalue weighted by Gasteiger charge is 2.39. The van der Waals surface area contributed by atoms with Crippen molar-refractivity contribution >= 4 is 5.91 Å². The number of hydrogen-bond donors (Lipinski definition) is 1. The van der Waals surface area contributed by atoms with Gasteiger partial charge in [-0.2, -0.15) is 0 Å². The molecule has 3 heterocycles. The molecule has 0 saturated heterocycles. The highest BCUT2D eigenvalue weighted by Crippen LogP contribution is 2.37. The molecule has 3 aromatic rings. The fraction of sp³-hybridized carbons (Fsp3) is 0.231. The Balaban J connectivity index is 1.81. The van der Waals surface area contributed by atoms with E-state index in [4.69, 9.17) is 4.74 Å². The molecule has 7 heteroatoms. The number of aromatic nitrogens is 1. The third-order valence-electron chi connectivity index (χ3n) is 6.23. The molecular formula is C26H25N3O4. The fourth-order valence-electron chi connectivity index (χ4n) is 4.61. The molecule has 0 radical (unpaired) electrons.